The van der Waals surface area contributed by atoms with Crippen LogP contribution in [-0.2, 0) is 6.54 Å². The third kappa shape index (κ3) is 2.13. The van der Waals surface area contributed by atoms with Crippen molar-refractivity contribution in [1.82, 2.24) is 15.0 Å². The number of nitrogens with zero attached hydrogens (tertiary/aromatic N) is 3. The summed E-state index contributed by atoms with van der Waals surface area (Å²) in [5.41, 5.74) is 2.23. The van der Waals surface area contributed by atoms with Gasteiger partial charge >= 0.3 is 0 Å². The van der Waals surface area contributed by atoms with Crippen molar-refractivity contribution in [1.29, 1.82) is 0 Å². The van der Waals surface area contributed by atoms with Crippen LogP contribution < -0.4 is 0 Å². The van der Waals surface area contributed by atoms with Crippen LogP contribution in [0.2, 0.25) is 0 Å². The third-order valence-electron chi connectivity index (χ3n) is 2.84. The smallest absolute Gasteiger partial charge is 0.128 e. The molecule has 1 aromatic rings. The molecule has 4 heteroatoms. The summed E-state index contributed by atoms with van der Waals surface area (Å²) < 4.78 is 4.92. The van der Waals surface area contributed by atoms with Crippen molar-refractivity contribution < 1.29 is 4.52 Å². The van der Waals surface area contributed by atoms with E-state index in [2.05, 4.69) is 22.0 Å². The fourth-order valence-electron chi connectivity index (χ4n) is 1.71. The first-order valence-corrected chi connectivity index (χ1v) is 5.06. The van der Waals surface area contributed by atoms with Gasteiger partial charge in [0.25, 0.3) is 0 Å². The van der Waals surface area contributed by atoms with Crippen molar-refractivity contribution in [3.63, 3.8) is 0 Å². The van der Waals surface area contributed by atoms with Gasteiger partial charge in [-0.05, 0) is 14.0 Å². The molecule has 0 bridgehead atoms. The second-order valence-corrected chi connectivity index (χ2v) is 4.00. The van der Waals surface area contributed by atoms with E-state index in [9.17, 15) is 0 Å². The van der Waals surface area contributed by atoms with Crippen LogP contribution in [0.1, 0.15) is 11.3 Å². The molecule has 1 fully saturated rings. The first-order valence-electron chi connectivity index (χ1n) is 5.06. The zero-order chi connectivity index (χ0) is 9.97. The number of aromatic nitrogens is 1. The number of piperazine rings is 1. The topological polar surface area (TPSA) is 32.5 Å². The minimum atomic E-state index is 0.975. The molecule has 0 atom stereocenters. The van der Waals surface area contributed by atoms with Gasteiger partial charge in [0.2, 0.25) is 0 Å². The van der Waals surface area contributed by atoms with Crippen LogP contribution in [0.15, 0.2) is 10.8 Å². The summed E-state index contributed by atoms with van der Waals surface area (Å²) in [6.07, 6.45) is 1.76. The van der Waals surface area contributed by atoms with Crippen molar-refractivity contribution in [3.05, 3.63) is 17.5 Å². The molecule has 0 saturated carbocycles. The lowest BCUT2D eigenvalue weighted by atomic mass is 10.2. The highest BCUT2D eigenvalue weighted by molar-refractivity contribution is 5.12. The van der Waals surface area contributed by atoms with E-state index >= 15 is 0 Å². The summed E-state index contributed by atoms with van der Waals surface area (Å²) in [4.78, 5) is 4.80. The third-order valence-corrected chi connectivity index (χ3v) is 2.84. The van der Waals surface area contributed by atoms with Crippen molar-refractivity contribution >= 4 is 0 Å². The van der Waals surface area contributed by atoms with Crippen LogP contribution in [0.3, 0.4) is 0 Å². The summed E-state index contributed by atoms with van der Waals surface area (Å²) >= 11 is 0. The van der Waals surface area contributed by atoms with Crippen LogP contribution in [0.5, 0.6) is 0 Å². The maximum Gasteiger partial charge on any atom is 0.128 e. The molecule has 1 aliphatic heterocycles. The molecule has 78 valence electrons. The molecule has 2 heterocycles. The lowest BCUT2D eigenvalue weighted by molar-refractivity contribution is 0.148. The number of hydrogen-bond acceptors (Lipinski definition) is 4. The minimum absolute atomic E-state index is 0.975. The van der Waals surface area contributed by atoms with Crippen LogP contribution in [-0.4, -0.2) is 48.2 Å². The fraction of sp³-hybridized carbons (Fsp3) is 0.700. The van der Waals surface area contributed by atoms with E-state index in [4.69, 9.17) is 4.52 Å². The number of hydrogen-bond donors (Lipinski definition) is 0. The molecular weight excluding hydrogens is 178 g/mol. The summed E-state index contributed by atoms with van der Waals surface area (Å²) in [5, 5.41) is 3.88. The molecule has 1 saturated heterocycles. The van der Waals surface area contributed by atoms with Gasteiger partial charge in [0.05, 0.1) is 5.69 Å². The minimum Gasteiger partial charge on any atom is -0.364 e. The van der Waals surface area contributed by atoms with Gasteiger partial charge in [0, 0.05) is 38.3 Å². The van der Waals surface area contributed by atoms with E-state index in [0.717, 1.165) is 38.4 Å². The van der Waals surface area contributed by atoms with Gasteiger partial charge in [-0.1, -0.05) is 5.16 Å². The molecule has 14 heavy (non-hydrogen) atoms. The zero-order valence-corrected chi connectivity index (χ0v) is 8.86. The Hall–Kier alpha value is -0.870. The largest absolute Gasteiger partial charge is 0.364 e. The standard InChI is InChI=1S/C10H17N3O/c1-9-10(8-14-11-9)7-13-5-3-12(2)4-6-13/h8H,3-7H2,1-2H3. The Morgan fingerprint density at radius 1 is 1.36 bits per heavy atom. The van der Waals surface area contributed by atoms with Crippen molar-refractivity contribution in [3.8, 4) is 0 Å². The lowest BCUT2D eigenvalue weighted by Gasteiger charge is -2.31. The van der Waals surface area contributed by atoms with Gasteiger partial charge in [-0.25, -0.2) is 0 Å². The van der Waals surface area contributed by atoms with E-state index in [-0.39, 0.29) is 0 Å². The van der Waals surface area contributed by atoms with Crippen LogP contribution >= 0.6 is 0 Å². The van der Waals surface area contributed by atoms with E-state index < -0.39 is 0 Å². The average Bonchev–Trinajstić information content (AvgIpc) is 2.56. The van der Waals surface area contributed by atoms with Gasteiger partial charge in [-0.15, -0.1) is 0 Å². The summed E-state index contributed by atoms with van der Waals surface area (Å²) in [6.45, 7) is 7.56. The molecule has 0 spiro atoms. The number of aryl methyl sites for hydroxylation is 1. The first kappa shape index (κ1) is 9.68. The SMILES string of the molecule is Cc1nocc1CN1CCN(C)CC1. The molecule has 0 unspecified atom stereocenters. The molecule has 0 aliphatic carbocycles. The molecule has 0 radical (unpaired) electrons. The summed E-state index contributed by atoms with van der Waals surface area (Å²) in [7, 11) is 2.17. The molecule has 1 aromatic heterocycles. The van der Waals surface area contributed by atoms with E-state index in [1.54, 1.807) is 6.26 Å². The van der Waals surface area contributed by atoms with Crippen LogP contribution in [0.4, 0.5) is 0 Å². The number of likely N-dealkylation sites (N-methyl/N-ethyl adjacent to an activating group) is 1. The highest BCUT2D eigenvalue weighted by Crippen LogP contribution is 2.10. The van der Waals surface area contributed by atoms with Crippen molar-refractivity contribution in [2.24, 2.45) is 0 Å². The molecule has 0 N–H and O–H groups in total. The van der Waals surface area contributed by atoms with Gasteiger partial charge < -0.3 is 9.42 Å². The Labute approximate surface area is 84.5 Å². The van der Waals surface area contributed by atoms with Crippen LogP contribution in [0, 0.1) is 6.92 Å². The van der Waals surface area contributed by atoms with Crippen LogP contribution in [0.25, 0.3) is 0 Å². The zero-order valence-electron chi connectivity index (χ0n) is 8.86. The predicted molar refractivity (Wildman–Crippen MR) is 54.0 cm³/mol. The quantitative estimate of drug-likeness (QED) is 0.696. The maximum atomic E-state index is 4.92. The van der Waals surface area contributed by atoms with Gasteiger partial charge in [-0.2, -0.15) is 0 Å². The Morgan fingerprint density at radius 3 is 2.64 bits per heavy atom. The Morgan fingerprint density at radius 2 is 2.07 bits per heavy atom. The number of rotatable bonds is 2. The Bertz CT molecular complexity index is 289. The predicted octanol–water partition coefficient (Wildman–Crippen LogP) is 0.730. The molecule has 0 amide bonds. The second kappa shape index (κ2) is 4.11. The van der Waals surface area contributed by atoms with Crippen molar-refractivity contribution in [2.45, 2.75) is 13.5 Å². The van der Waals surface area contributed by atoms with Gasteiger partial charge in [0.1, 0.15) is 6.26 Å². The average molecular weight is 195 g/mol. The Kier molecular flexibility index (Phi) is 2.84. The molecule has 0 aromatic carbocycles. The lowest BCUT2D eigenvalue weighted by Crippen LogP contribution is -2.43. The maximum absolute atomic E-state index is 4.92. The first-order chi connectivity index (χ1) is 6.75. The fourth-order valence-corrected chi connectivity index (χ4v) is 1.71. The summed E-state index contributed by atoms with van der Waals surface area (Å²) in [5.74, 6) is 0. The van der Waals surface area contributed by atoms with E-state index in [1.807, 2.05) is 6.92 Å². The molecule has 1 aliphatic rings. The molecule has 2 rings (SSSR count). The van der Waals surface area contributed by atoms with Crippen molar-refractivity contribution in [2.75, 3.05) is 33.2 Å². The van der Waals surface area contributed by atoms with Gasteiger partial charge in [0.15, 0.2) is 0 Å². The molecular formula is C10H17N3O. The highest BCUT2D eigenvalue weighted by atomic mass is 16.5. The summed E-state index contributed by atoms with van der Waals surface area (Å²) in [6, 6.07) is 0. The monoisotopic (exact) mass is 195 g/mol. The highest BCUT2D eigenvalue weighted by Gasteiger charge is 2.15. The van der Waals surface area contributed by atoms with Gasteiger partial charge in [-0.3, -0.25) is 4.90 Å². The van der Waals surface area contributed by atoms with E-state index in [1.165, 1.54) is 5.56 Å². The normalized spacial score (nSPS) is 20.1. The Balaban J connectivity index is 1.89. The second-order valence-electron chi connectivity index (χ2n) is 4.00. The van der Waals surface area contributed by atoms with E-state index in [0.29, 0.717) is 0 Å². The molecule has 4 nitrogen and oxygen atoms in total.